The predicted octanol–water partition coefficient (Wildman–Crippen LogP) is 5.55. The van der Waals surface area contributed by atoms with Gasteiger partial charge in [-0.3, -0.25) is 18.9 Å². The van der Waals surface area contributed by atoms with Gasteiger partial charge in [0.1, 0.15) is 5.69 Å². The minimum absolute atomic E-state index is 0.00779. The third kappa shape index (κ3) is 5.18. The number of aryl methyl sites for hydroxylation is 1. The van der Waals surface area contributed by atoms with E-state index in [-0.39, 0.29) is 29.2 Å². The Morgan fingerprint density at radius 2 is 1.76 bits per heavy atom. The maximum absolute atomic E-state index is 13.5. The van der Waals surface area contributed by atoms with Gasteiger partial charge in [-0.1, -0.05) is 23.7 Å². The number of nitrogens with zero attached hydrogens (tertiary/aromatic N) is 4. The molecular weight excluding hydrogens is 519 g/mol. The van der Waals surface area contributed by atoms with Crippen molar-refractivity contribution in [2.24, 2.45) is 5.92 Å². The lowest BCUT2D eigenvalue weighted by Crippen LogP contribution is -2.39. The zero-order valence-electron chi connectivity index (χ0n) is 20.5. The molecule has 1 fully saturated rings. The molecule has 0 unspecified atom stereocenters. The van der Waals surface area contributed by atoms with Gasteiger partial charge in [-0.2, -0.15) is 13.2 Å². The first-order valence-corrected chi connectivity index (χ1v) is 12.7. The molecule has 1 aliphatic carbocycles. The fourth-order valence-corrected chi connectivity index (χ4v) is 5.23. The van der Waals surface area contributed by atoms with Crippen LogP contribution in [0, 0.1) is 12.8 Å². The van der Waals surface area contributed by atoms with Crippen LogP contribution in [0.25, 0.3) is 16.7 Å². The van der Waals surface area contributed by atoms with E-state index < -0.39 is 11.9 Å². The molecule has 1 saturated carbocycles. The summed E-state index contributed by atoms with van der Waals surface area (Å²) in [6.07, 6.45) is 1.17. The van der Waals surface area contributed by atoms with Crippen LogP contribution in [0.4, 0.5) is 13.2 Å². The molecule has 0 radical (unpaired) electrons. The van der Waals surface area contributed by atoms with E-state index in [1.54, 1.807) is 29.7 Å². The van der Waals surface area contributed by atoms with Crippen molar-refractivity contribution in [3.63, 3.8) is 0 Å². The van der Waals surface area contributed by atoms with Crippen LogP contribution in [-0.2, 0) is 12.7 Å². The molecule has 198 valence electrons. The molecule has 1 aliphatic rings. The summed E-state index contributed by atoms with van der Waals surface area (Å²) >= 11 is 6.00. The first-order chi connectivity index (χ1) is 18.1. The van der Waals surface area contributed by atoms with Crippen LogP contribution in [0.15, 0.2) is 59.7 Å². The van der Waals surface area contributed by atoms with Gasteiger partial charge in [-0.25, -0.2) is 9.78 Å². The van der Waals surface area contributed by atoms with Crippen molar-refractivity contribution in [1.29, 1.82) is 0 Å². The Morgan fingerprint density at radius 3 is 2.42 bits per heavy atom. The number of amides is 1. The van der Waals surface area contributed by atoms with Crippen molar-refractivity contribution >= 4 is 28.5 Å². The zero-order valence-corrected chi connectivity index (χ0v) is 21.3. The van der Waals surface area contributed by atoms with E-state index in [0.717, 1.165) is 37.9 Å². The summed E-state index contributed by atoms with van der Waals surface area (Å²) in [7, 11) is 0. The summed E-state index contributed by atoms with van der Waals surface area (Å²) in [5, 5.41) is 3.48. The van der Waals surface area contributed by atoms with E-state index >= 15 is 0 Å². The van der Waals surface area contributed by atoms with Crippen LogP contribution >= 0.6 is 11.6 Å². The highest BCUT2D eigenvalue weighted by Gasteiger charge is 2.32. The Balaban J connectivity index is 1.31. The monoisotopic (exact) mass is 543 g/mol. The fourth-order valence-electron chi connectivity index (χ4n) is 5.07. The lowest BCUT2D eigenvalue weighted by molar-refractivity contribution is -0.141. The van der Waals surface area contributed by atoms with Gasteiger partial charge in [0.15, 0.2) is 0 Å². The predicted molar refractivity (Wildman–Crippen MR) is 138 cm³/mol. The van der Waals surface area contributed by atoms with E-state index in [1.807, 2.05) is 12.1 Å². The molecule has 0 bridgehead atoms. The molecule has 5 rings (SSSR count). The SMILES string of the molecule is Cc1ncc(Cl)cc1C(=O)N[C@H]1CC[C@H](Cn2c(=O)n(-c3ccc(C(F)(F)F)nc3)c3ccccc32)CC1. The molecule has 0 atom stereocenters. The summed E-state index contributed by atoms with van der Waals surface area (Å²) < 4.78 is 42.0. The molecule has 38 heavy (non-hydrogen) atoms. The van der Waals surface area contributed by atoms with E-state index in [2.05, 4.69) is 15.3 Å². The Hall–Kier alpha value is -3.66. The first kappa shape index (κ1) is 26.0. The first-order valence-electron chi connectivity index (χ1n) is 12.3. The number of rotatable bonds is 5. The number of para-hydroxylation sites is 2. The Kier molecular flexibility index (Phi) is 7.00. The van der Waals surface area contributed by atoms with Crippen LogP contribution in [0.5, 0.6) is 0 Å². The van der Waals surface area contributed by atoms with Gasteiger partial charge in [0.25, 0.3) is 5.91 Å². The zero-order chi connectivity index (χ0) is 27.0. The number of carbonyl (C=O) groups excluding carboxylic acids is 1. The van der Waals surface area contributed by atoms with E-state index in [4.69, 9.17) is 11.6 Å². The number of halogens is 4. The second kappa shape index (κ2) is 10.2. The molecule has 1 aromatic carbocycles. The third-order valence-electron chi connectivity index (χ3n) is 7.05. The standard InChI is InChI=1S/C27H25ClF3N5O2/c1-16-21(12-18(28)13-32-16)25(37)34-19-8-6-17(7-9-19)15-35-22-4-2-3-5-23(22)36(26(35)38)20-10-11-24(33-14-20)27(29,30)31/h2-5,10-14,17,19H,6-9,15H2,1H3,(H,34,37)/t17-,19-. The van der Waals surface area contributed by atoms with Crippen molar-refractivity contribution in [1.82, 2.24) is 24.4 Å². The van der Waals surface area contributed by atoms with Gasteiger partial charge < -0.3 is 5.32 Å². The highest BCUT2D eigenvalue weighted by Crippen LogP contribution is 2.29. The lowest BCUT2D eigenvalue weighted by Gasteiger charge is -2.29. The molecule has 1 N–H and O–H groups in total. The Morgan fingerprint density at radius 1 is 1.05 bits per heavy atom. The summed E-state index contributed by atoms with van der Waals surface area (Å²) in [4.78, 5) is 33.9. The number of alkyl halides is 3. The number of fused-ring (bicyclic) bond motifs is 1. The largest absolute Gasteiger partial charge is 0.433 e. The van der Waals surface area contributed by atoms with Gasteiger partial charge in [-0.05, 0) is 68.9 Å². The number of hydrogen-bond acceptors (Lipinski definition) is 4. The Bertz CT molecular complexity index is 1540. The van der Waals surface area contributed by atoms with Gasteiger partial charge in [-0.15, -0.1) is 0 Å². The maximum atomic E-state index is 13.5. The minimum atomic E-state index is -4.56. The average Bonchev–Trinajstić information content (AvgIpc) is 3.17. The molecular formula is C27H25ClF3N5O2. The quantitative estimate of drug-likeness (QED) is 0.358. The van der Waals surface area contributed by atoms with Crippen molar-refractivity contribution in [3.8, 4) is 5.69 Å². The molecule has 0 saturated heterocycles. The number of benzene rings is 1. The van der Waals surface area contributed by atoms with Crippen LogP contribution in [0.2, 0.25) is 5.02 Å². The highest BCUT2D eigenvalue weighted by molar-refractivity contribution is 6.30. The van der Waals surface area contributed by atoms with Gasteiger partial charge in [0.05, 0.1) is 39.2 Å². The minimum Gasteiger partial charge on any atom is -0.349 e. The van der Waals surface area contributed by atoms with E-state index in [1.165, 1.54) is 16.8 Å². The number of nitrogens with one attached hydrogen (secondary N) is 1. The number of carbonyl (C=O) groups is 1. The molecule has 0 spiro atoms. The second-order valence-corrected chi connectivity index (χ2v) is 10.0. The highest BCUT2D eigenvalue weighted by atomic mass is 35.5. The lowest BCUT2D eigenvalue weighted by atomic mass is 9.85. The summed E-state index contributed by atoms with van der Waals surface area (Å²) in [6.45, 7) is 2.23. The van der Waals surface area contributed by atoms with Gasteiger partial charge in [0, 0.05) is 18.8 Å². The molecule has 4 aromatic rings. The van der Waals surface area contributed by atoms with Crippen molar-refractivity contribution < 1.29 is 18.0 Å². The van der Waals surface area contributed by atoms with E-state index in [9.17, 15) is 22.8 Å². The summed E-state index contributed by atoms with van der Waals surface area (Å²) in [5.74, 6) is 0.00537. The maximum Gasteiger partial charge on any atom is 0.433 e. The molecule has 0 aliphatic heterocycles. The molecule has 3 heterocycles. The topological polar surface area (TPSA) is 81.8 Å². The van der Waals surface area contributed by atoms with Gasteiger partial charge in [0.2, 0.25) is 0 Å². The smallest absolute Gasteiger partial charge is 0.349 e. The van der Waals surface area contributed by atoms with Crippen molar-refractivity contribution in [3.05, 3.63) is 87.3 Å². The van der Waals surface area contributed by atoms with Crippen molar-refractivity contribution in [2.75, 3.05) is 0 Å². The third-order valence-corrected chi connectivity index (χ3v) is 7.26. The normalized spacial score (nSPS) is 18.0. The number of imidazole rings is 1. The fraction of sp³-hybridized carbons (Fsp3) is 0.333. The Labute approximate surface area is 221 Å². The molecule has 1 amide bonds. The van der Waals surface area contributed by atoms with Crippen LogP contribution < -0.4 is 11.0 Å². The molecule has 7 nitrogen and oxygen atoms in total. The van der Waals surface area contributed by atoms with E-state index in [0.29, 0.717) is 33.9 Å². The summed E-state index contributed by atoms with van der Waals surface area (Å²) in [5.41, 5.74) is 1.31. The van der Waals surface area contributed by atoms with Crippen LogP contribution in [0.3, 0.4) is 0 Å². The van der Waals surface area contributed by atoms with Crippen LogP contribution in [-0.4, -0.2) is 31.1 Å². The van der Waals surface area contributed by atoms with Gasteiger partial charge >= 0.3 is 11.9 Å². The number of pyridine rings is 2. The second-order valence-electron chi connectivity index (χ2n) is 9.59. The van der Waals surface area contributed by atoms with Crippen molar-refractivity contribution in [2.45, 2.75) is 51.4 Å². The average molecular weight is 544 g/mol. The molecule has 11 heteroatoms. The van der Waals surface area contributed by atoms with Crippen LogP contribution in [0.1, 0.15) is 47.4 Å². The number of aromatic nitrogens is 4. The number of hydrogen-bond donors (Lipinski definition) is 1. The summed E-state index contributed by atoms with van der Waals surface area (Å²) in [6, 6.07) is 11.0. The molecule has 3 aromatic heterocycles.